The van der Waals surface area contributed by atoms with Crippen LogP contribution in [0.5, 0.6) is 5.75 Å². The van der Waals surface area contributed by atoms with Gasteiger partial charge in [0.05, 0.1) is 18.7 Å². The molecule has 0 saturated carbocycles. The Hall–Kier alpha value is -3.58. The second kappa shape index (κ2) is 6.14. The zero-order chi connectivity index (χ0) is 17.2. The molecule has 0 unspecified atom stereocenters. The first kappa shape index (κ1) is 15.0. The maximum atomic E-state index is 9.15. The highest BCUT2D eigenvalue weighted by Crippen LogP contribution is 2.31. The maximum Gasteiger partial charge on any atom is 0.118 e. The van der Waals surface area contributed by atoms with Crippen molar-refractivity contribution in [1.29, 1.82) is 5.26 Å². The summed E-state index contributed by atoms with van der Waals surface area (Å²) in [4.78, 5) is 7.66. The fourth-order valence-electron chi connectivity index (χ4n) is 2.96. The lowest BCUT2D eigenvalue weighted by molar-refractivity contribution is 0.415. The summed E-state index contributed by atoms with van der Waals surface area (Å²) in [7, 11) is 1.66. The van der Waals surface area contributed by atoms with Gasteiger partial charge in [0, 0.05) is 46.2 Å². The predicted octanol–water partition coefficient (Wildman–Crippen LogP) is 4.78. The number of hydrogen-bond acceptors (Lipinski definition) is 3. The molecular formula is C21H15N3O. The smallest absolute Gasteiger partial charge is 0.118 e. The molecule has 120 valence electrons. The largest absolute Gasteiger partial charge is 0.497 e. The third kappa shape index (κ3) is 2.73. The van der Waals surface area contributed by atoms with Gasteiger partial charge in [0.1, 0.15) is 5.75 Å². The first-order chi connectivity index (χ1) is 12.3. The lowest BCUT2D eigenvalue weighted by Crippen LogP contribution is -1.85. The molecule has 4 nitrogen and oxygen atoms in total. The molecule has 0 fully saturated rings. The van der Waals surface area contributed by atoms with E-state index in [1.54, 1.807) is 7.11 Å². The second-order valence-corrected chi connectivity index (χ2v) is 5.77. The van der Waals surface area contributed by atoms with E-state index in [2.05, 4.69) is 22.1 Å². The van der Waals surface area contributed by atoms with E-state index < -0.39 is 0 Å². The summed E-state index contributed by atoms with van der Waals surface area (Å²) < 4.78 is 5.21. The van der Waals surface area contributed by atoms with E-state index in [0.29, 0.717) is 5.56 Å². The van der Waals surface area contributed by atoms with Gasteiger partial charge in [-0.05, 0) is 42.0 Å². The standard InChI is InChI=1S/C21H15N3O/c1-25-18-5-3-15(4-6-18)16-9-17(12-23-11-16)20-13-24-21-7-2-14(10-22)8-19(20)21/h2-9,11-13,24H,1H3. The van der Waals surface area contributed by atoms with Crippen molar-refractivity contribution >= 4 is 10.9 Å². The van der Waals surface area contributed by atoms with Crippen LogP contribution in [0.3, 0.4) is 0 Å². The molecule has 0 bridgehead atoms. The highest BCUT2D eigenvalue weighted by Gasteiger charge is 2.09. The Morgan fingerprint density at radius 3 is 2.52 bits per heavy atom. The monoisotopic (exact) mass is 325 g/mol. The SMILES string of the molecule is COc1ccc(-c2cncc(-c3c[nH]c4ccc(C#N)cc34)c2)cc1. The molecule has 1 N–H and O–H groups in total. The minimum Gasteiger partial charge on any atom is -0.497 e. The molecular weight excluding hydrogens is 310 g/mol. The Bertz CT molecular complexity index is 1090. The average Bonchev–Trinajstić information content (AvgIpc) is 3.11. The zero-order valence-electron chi connectivity index (χ0n) is 13.7. The van der Waals surface area contributed by atoms with Gasteiger partial charge in [-0.15, -0.1) is 0 Å². The summed E-state index contributed by atoms with van der Waals surface area (Å²) in [6.45, 7) is 0. The Morgan fingerprint density at radius 2 is 1.76 bits per heavy atom. The number of nitrogens with zero attached hydrogens (tertiary/aromatic N) is 2. The lowest BCUT2D eigenvalue weighted by Gasteiger charge is -2.06. The van der Waals surface area contributed by atoms with Gasteiger partial charge in [0.25, 0.3) is 0 Å². The fourth-order valence-corrected chi connectivity index (χ4v) is 2.96. The molecule has 2 aromatic carbocycles. The first-order valence-corrected chi connectivity index (χ1v) is 7.89. The summed E-state index contributed by atoms with van der Waals surface area (Å²) in [5.74, 6) is 0.827. The highest BCUT2D eigenvalue weighted by molar-refractivity contribution is 5.96. The highest BCUT2D eigenvalue weighted by atomic mass is 16.5. The number of hydrogen-bond donors (Lipinski definition) is 1. The summed E-state index contributed by atoms with van der Waals surface area (Å²) in [6, 6.07) is 17.9. The van der Waals surface area contributed by atoms with E-state index in [-0.39, 0.29) is 0 Å². The van der Waals surface area contributed by atoms with Crippen molar-refractivity contribution in [1.82, 2.24) is 9.97 Å². The van der Waals surface area contributed by atoms with Crippen LogP contribution in [0.4, 0.5) is 0 Å². The summed E-state index contributed by atoms with van der Waals surface area (Å²) in [5.41, 5.74) is 5.81. The molecule has 4 aromatic rings. The number of nitriles is 1. The molecule has 0 aliphatic rings. The minimum absolute atomic E-state index is 0.646. The third-order valence-corrected chi connectivity index (χ3v) is 4.28. The van der Waals surface area contributed by atoms with E-state index in [4.69, 9.17) is 10.00 Å². The molecule has 0 atom stereocenters. The number of methoxy groups -OCH3 is 1. The first-order valence-electron chi connectivity index (χ1n) is 7.89. The Morgan fingerprint density at radius 1 is 0.960 bits per heavy atom. The van der Waals surface area contributed by atoms with Crippen molar-refractivity contribution in [3.63, 3.8) is 0 Å². The molecule has 2 aromatic heterocycles. The van der Waals surface area contributed by atoms with Crippen LogP contribution in [0.2, 0.25) is 0 Å². The number of nitrogens with one attached hydrogen (secondary N) is 1. The molecule has 0 aliphatic carbocycles. The summed E-state index contributed by atoms with van der Waals surface area (Å²) in [6.07, 6.45) is 5.65. The van der Waals surface area contributed by atoms with Gasteiger partial charge in [-0.1, -0.05) is 12.1 Å². The average molecular weight is 325 g/mol. The minimum atomic E-state index is 0.646. The Balaban J connectivity index is 1.80. The van der Waals surface area contributed by atoms with Gasteiger partial charge in [-0.3, -0.25) is 4.98 Å². The van der Waals surface area contributed by atoms with Crippen LogP contribution >= 0.6 is 0 Å². The van der Waals surface area contributed by atoms with E-state index in [9.17, 15) is 0 Å². The molecule has 0 spiro atoms. The van der Waals surface area contributed by atoms with E-state index in [0.717, 1.165) is 38.9 Å². The van der Waals surface area contributed by atoms with Gasteiger partial charge in [0.15, 0.2) is 0 Å². The number of ether oxygens (including phenoxy) is 1. The van der Waals surface area contributed by atoms with Crippen molar-refractivity contribution in [2.24, 2.45) is 0 Å². The number of fused-ring (bicyclic) bond motifs is 1. The Labute approximate surface area is 145 Å². The fraction of sp³-hybridized carbons (Fsp3) is 0.0476. The molecule has 4 heteroatoms. The van der Waals surface area contributed by atoms with Crippen molar-refractivity contribution in [2.45, 2.75) is 0 Å². The lowest BCUT2D eigenvalue weighted by atomic mass is 10.0. The van der Waals surface area contributed by atoms with Gasteiger partial charge >= 0.3 is 0 Å². The molecule has 0 saturated heterocycles. The van der Waals surface area contributed by atoms with Gasteiger partial charge in [0.2, 0.25) is 0 Å². The molecule has 4 rings (SSSR count). The van der Waals surface area contributed by atoms with Crippen LogP contribution in [0.1, 0.15) is 5.56 Å². The van der Waals surface area contributed by atoms with Crippen molar-refractivity contribution in [3.8, 4) is 34.1 Å². The number of aromatic amines is 1. The van der Waals surface area contributed by atoms with Crippen molar-refractivity contribution in [3.05, 3.63) is 72.7 Å². The number of pyridine rings is 1. The topological polar surface area (TPSA) is 61.7 Å². The van der Waals surface area contributed by atoms with Crippen LogP contribution in [-0.4, -0.2) is 17.1 Å². The predicted molar refractivity (Wildman–Crippen MR) is 98.2 cm³/mol. The van der Waals surface area contributed by atoms with Crippen molar-refractivity contribution < 1.29 is 4.74 Å². The van der Waals surface area contributed by atoms with E-state index in [1.165, 1.54) is 0 Å². The zero-order valence-corrected chi connectivity index (χ0v) is 13.7. The van der Waals surface area contributed by atoms with Gasteiger partial charge < -0.3 is 9.72 Å². The van der Waals surface area contributed by atoms with Crippen LogP contribution in [0.15, 0.2) is 67.1 Å². The quantitative estimate of drug-likeness (QED) is 0.590. The summed E-state index contributed by atoms with van der Waals surface area (Å²) >= 11 is 0. The normalized spacial score (nSPS) is 10.6. The van der Waals surface area contributed by atoms with Gasteiger partial charge in [-0.2, -0.15) is 5.26 Å². The molecule has 0 amide bonds. The maximum absolute atomic E-state index is 9.15. The number of H-pyrrole nitrogens is 1. The third-order valence-electron chi connectivity index (χ3n) is 4.28. The number of aromatic nitrogens is 2. The van der Waals surface area contributed by atoms with Crippen molar-refractivity contribution in [2.75, 3.05) is 7.11 Å². The second-order valence-electron chi connectivity index (χ2n) is 5.77. The van der Waals surface area contributed by atoms with E-state index in [1.807, 2.05) is 61.1 Å². The molecule has 25 heavy (non-hydrogen) atoms. The van der Waals surface area contributed by atoms with Gasteiger partial charge in [-0.25, -0.2) is 0 Å². The van der Waals surface area contributed by atoms with Crippen LogP contribution < -0.4 is 4.74 Å². The van der Waals surface area contributed by atoms with Crippen LogP contribution in [0, 0.1) is 11.3 Å². The molecule has 0 radical (unpaired) electrons. The van der Waals surface area contributed by atoms with E-state index >= 15 is 0 Å². The molecule has 0 aliphatic heterocycles. The number of rotatable bonds is 3. The summed E-state index contributed by atoms with van der Waals surface area (Å²) in [5, 5.41) is 10.2. The van der Waals surface area contributed by atoms with Crippen LogP contribution in [0.25, 0.3) is 33.2 Å². The van der Waals surface area contributed by atoms with Crippen LogP contribution in [-0.2, 0) is 0 Å². The molecule has 2 heterocycles. The Kier molecular flexibility index (Phi) is 3.68. The number of benzene rings is 2.